The van der Waals surface area contributed by atoms with Gasteiger partial charge in [0.1, 0.15) is 12.4 Å². The number of hydrogen-bond donors (Lipinski definition) is 1. The fourth-order valence-corrected chi connectivity index (χ4v) is 4.83. The maximum atomic E-state index is 13.5. The van der Waals surface area contributed by atoms with Crippen molar-refractivity contribution in [2.45, 2.75) is 19.4 Å². The number of pyridine rings is 1. The van der Waals surface area contributed by atoms with Crippen molar-refractivity contribution < 1.29 is 19.1 Å². The Hall–Kier alpha value is -3.78. The Morgan fingerprint density at radius 2 is 1.92 bits per heavy atom. The van der Waals surface area contributed by atoms with Gasteiger partial charge < -0.3 is 24.6 Å². The maximum Gasteiger partial charge on any atom is 0.262 e. The van der Waals surface area contributed by atoms with Gasteiger partial charge in [0.15, 0.2) is 11.6 Å². The second kappa shape index (κ2) is 10.1. The van der Waals surface area contributed by atoms with Gasteiger partial charge in [0, 0.05) is 37.1 Å². The van der Waals surface area contributed by atoms with E-state index < -0.39 is 0 Å². The van der Waals surface area contributed by atoms with Crippen LogP contribution in [0.25, 0.3) is 11.1 Å². The number of hydrogen-bond acceptors (Lipinski definition) is 6. The van der Waals surface area contributed by atoms with E-state index in [-0.39, 0.29) is 17.9 Å². The van der Waals surface area contributed by atoms with E-state index in [1.165, 1.54) is 6.92 Å². The van der Waals surface area contributed by atoms with Crippen molar-refractivity contribution in [3.63, 3.8) is 0 Å². The van der Waals surface area contributed by atoms with E-state index in [4.69, 9.17) is 21.1 Å². The molecule has 0 aliphatic carbocycles. The lowest BCUT2D eigenvalue weighted by Crippen LogP contribution is -2.36. The molecule has 2 amide bonds. The quantitative estimate of drug-likeness (QED) is 0.559. The number of nitrogens with zero attached hydrogens (tertiary/aromatic N) is 3. The van der Waals surface area contributed by atoms with Gasteiger partial charge in [0.2, 0.25) is 5.91 Å². The van der Waals surface area contributed by atoms with Crippen LogP contribution in [0.15, 0.2) is 54.7 Å². The van der Waals surface area contributed by atoms with E-state index in [9.17, 15) is 9.59 Å². The van der Waals surface area contributed by atoms with Crippen molar-refractivity contribution >= 4 is 34.9 Å². The first kappa shape index (κ1) is 23.9. The Balaban J connectivity index is 1.39. The molecule has 5 rings (SSSR count). The molecule has 1 atom stereocenters. The van der Waals surface area contributed by atoms with Crippen LogP contribution in [-0.2, 0) is 4.79 Å². The number of benzene rings is 2. The molecule has 2 aliphatic heterocycles. The van der Waals surface area contributed by atoms with Gasteiger partial charge in [0.05, 0.1) is 31.1 Å². The topological polar surface area (TPSA) is 84.0 Å². The van der Waals surface area contributed by atoms with Crippen LogP contribution in [0, 0.1) is 0 Å². The number of nitrogens with one attached hydrogen (secondary N) is 1. The molecule has 0 spiro atoms. The predicted octanol–water partition coefficient (Wildman–Crippen LogP) is 4.16. The van der Waals surface area contributed by atoms with E-state index in [0.29, 0.717) is 53.3 Å². The first-order valence-corrected chi connectivity index (χ1v) is 12.2. The zero-order valence-electron chi connectivity index (χ0n) is 20.2. The second-order valence-electron chi connectivity index (χ2n) is 8.87. The highest BCUT2D eigenvalue weighted by molar-refractivity contribution is 6.30. The molecular formula is C27H27ClN4O4. The van der Waals surface area contributed by atoms with Crippen LogP contribution >= 0.6 is 11.6 Å². The van der Waals surface area contributed by atoms with Crippen molar-refractivity contribution in [3.05, 3.63) is 65.3 Å². The summed E-state index contributed by atoms with van der Waals surface area (Å²) in [6.45, 7) is 3.66. The highest BCUT2D eigenvalue weighted by Crippen LogP contribution is 2.35. The predicted molar refractivity (Wildman–Crippen MR) is 139 cm³/mol. The Kier molecular flexibility index (Phi) is 6.69. The minimum atomic E-state index is -0.159. The molecule has 1 fully saturated rings. The monoisotopic (exact) mass is 506 g/mol. The van der Waals surface area contributed by atoms with Crippen molar-refractivity contribution in [2.75, 3.05) is 43.2 Å². The lowest BCUT2D eigenvalue weighted by atomic mass is 10.0. The summed E-state index contributed by atoms with van der Waals surface area (Å²) in [6, 6.07) is 15.1. The van der Waals surface area contributed by atoms with E-state index in [0.717, 1.165) is 24.1 Å². The highest BCUT2D eigenvalue weighted by Gasteiger charge is 2.29. The Morgan fingerprint density at radius 1 is 1.14 bits per heavy atom. The van der Waals surface area contributed by atoms with E-state index >= 15 is 0 Å². The standard InChI is InChI=1S/C27H27ClN4O4/c1-17(33)30-21-9-10-31(16-21)26-25(35-2)14-22(15-29-26)32-11-12-36-24-13-19(5-8-23(24)27(32)34)18-3-6-20(28)7-4-18/h3-8,13-15,21H,9-12,16H2,1-2H3,(H,30,33). The van der Waals surface area contributed by atoms with Crippen molar-refractivity contribution in [2.24, 2.45) is 0 Å². The normalized spacial score (nSPS) is 17.3. The molecule has 36 heavy (non-hydrogen) atoms. The molecule has 1 N–H and O–H groups in total. The van der Waals surface area contributed by atoms with Gasteiger partial charge in [-0.1, -0.05) is 29.8 Å². The maximum absolute atomic E-state index is 13.5. The lowest BCUT2D eigenvalue weighted by molar-refractivity contribution is -0.119. The van der Waals surface area contributed by atoms with Gasteiger partial charge in [0.25, 0.3) is 5.91 Å². The molecule has 3 heterocycles. The molecule has 0 radical (unpaired) electrons. The van der Waals surface area contributed by atoms with Gasteiger partial charge in [-0.15, -0.1) is 0 Å². The molecule has 9 heteroatoms. The average molecular weight is 507 g/mol. The number of carbonyl (C=O) groups is 2. The summed E-state index contributed by atoms with van der Waals surface area (Å²) in [5, 5.41) is 3.63. The molecule has 3 aromatic rings. The zero-order valence-corrected chi connectivity index (χ0v) is 20.9. The number of methoxy groups -OCH3 is 1. The molecule has 0 saturated carbocycles. The summed E-state index contributed by atoms with van der Waals surface area (Å²) < 4.78 is 11.6. The number of amides is 2. The molecule has 0 bridgehead atoms. The molecule has 186 valence electrons. The SMILES string of the molecule is COc1cc(N2CCOc3cc(-c4ccc(Cl)cc4)ccc3C2=O)cnc1N1CCC(NC(C)=O)C1. The number of halogens is 1. The fourth-order valence-electron chi connectivity index (χ4n) is 4.70. The van der Waals surface area contributed by atoms with E-state index in [1.807, 2.05) is 42.5 Å². The lowest BCUT2D eigenvalue weighted by Gasteiger charge is -2.24. The third kappa shape index (κ3) is 4.81. The van der Waals surface area contributed by atoms with Crippen molar-refractivity contribution in [1.82, 2.24) is 10.3 Å². The first-order chi connectivity index (χ1) is 17.4. The number of fused-ring (bicyclic) bond motifs is 1. The third-order valence-corrected chi connectivity index (χ3v) is 6.70. The number of anilines is 2. The molecule has 1 unspecified atom stereocenters. The molecule has 1 aromatic heterocycles. The smallest absolute Gasteiger partial charge is 0.262 e. The van der Waals surface area contributed by atoms with Crippen LogP contribution in [0.3, 0.4) is 0 Å². The fraction of sp³-hybridized carbons (Fsp3) is 0.296. The third-order valence-electron chi connectivity index (χ3n) is 6.45. The average Bonchev–Trinajstić information content (AvgIpc) is 3.26. The summed E-state index contributed by atoms with van der Waals surface area (Å²) in [6.07, 6.45) is 2.53. The minimum Gasteiger partial charge on any atom is -0.493 e. The number of carbonyl (C=O) groups excluding carboxylic acids is 2. The number of rotatable bonds is 5. The summed E-state index contributed by atoms with van der Waals surface area (Å²) in [5.41, 5.74) is 3.07. The summed E-state index contributed by atoms with van der Waals surface area (Å²) >= 11 is 6.02. The van der Waals surface area contributed by atoms with Crippen LogP contribution in [0.1, 0.15) is 23.7 Å². The van der Waals surface area contributed by atoms with Gasteiger partial charge in [-0.3, -0.25) is 9.59 Å². The van der Waals surface area contributed by atoms with Gasteiger partial charge in [-0.05, 0) is 41.8 Å². The minimum absolute atomic E-state index is 0.0421. The summed E-state index contributed by atoms with van der Waals surface area (Å²) in [5.74, 6) is 1.62. The van der Waals surface area contributed by atoms with Crippen LogP contribution in [0.5, 0.6) is 11.5 Å². The highest BCUT2D eigenvalue weighted by atomic mass is 35.5. The van der Waals surface area contributed by atoms with Crippen LogP contribution < -0.4 is 24.6 Å². The second-order valence-corrected chi connectivity index (χ2v) is 9.31. The number of ether oxygens (including phenoxy) is 2. The molecule has 1 saturated heterocycles. The van der Waals surface area contributed by atoms with Crippen LogP contribution in [0.4, 0.5) is 11.5 Å². The first-order valence-electron chi connectivity index (χ1n) is 11.8. The van der Waals surface area contributed by atoms with Gasteiger partial charge in [-0.2, -0.15) is 0 Å². The van der Waals surface area contributed by atoms with Crippen LogP contribution in [0.2, 0.25) is 5.02 Å². The number of aromatic nitrogens is 1. The van der Waals surface area contributed by atoms with Crippen molar-refractivity contribution in [1.29, 1.82) is 0 Å². The van der Waals surface area contributed by atoms with Crippen LogP contribution in [-0.4, -0.2) is 56.2 Å². The zero-order chi connectivity index (χ0) is 25.2. The Bertz CT molecular complexity index is 1300. The van der Waals surface area contributed by atoms with E-state index in [2.05, 4.69) is 15.2 Å². The summed E-state index contributed by atoms with van der Waals surface area (Å²) in [4.78, 5) is 33.3. The Labute approximate surface area is 214 Å². The molecule has 2 aliphatic rings. The van der Waals surface area contributed by atoms with Crippen molar-refractivity contribution in [3.8, 4) is 22.6 Å². The molecular weight excluding hydrogens is 480 g/mol. The van der Waals surface area contributed by atoms with E-state index in [1.54, 1.807) is 24.3 Å². The largest absolute Gasteiger partial charge is 0.493 e. The van der Waals surface area contributed by atoms with Gasteiger partial charge >= 0.3 is 0 Å². The molecule has 8 nitrogen and oxygen atoms in total. The summed E-state index contributed by atoms with van der Waals surface area (Å²) in [7, 11) is 1.59. The Morgan fingerprint density at radius 3 is 2.67 bits per heavy atom. The molecule has 2 aromatic carbocycles. The van der Waals surface area contributed by atoms with Gasteiger partial charge in [-0.25, -0.2) is 4.98 Å².